The van der Waals surface area contributed by atoms with Gasteiger partial charge in [0.25, 0.3) is 0 Å². The molecule has 4 N–H and O–H groups in total. The Labute approximate surface area is 170 Å². The predicted octanol–water partition coefficient (Wildman–Crippen LogP) is 3.00. The van der Waals surface area contributed by atoms with Crippen molar-refractivity contribution in [3.8, 4) is 11.5 Å². The molecule has 0 spiro atoms. The number of rotatable bonds is 7. The number of anilines is 1. The molecule has 0 atom stereocenters. The number of aromatic nitrogens is 4. The lowest BCUT2D eigenvalue weighted by molar-refractivity contribution is 0.251. The summed E-state index contributed by atoms with van der Waals surface area (Å²) in [5.74, 6) is 0.966. The van der Waals surface area contributed by atoms with Crippen LogP contribution in [0.2, 0.25) is 0 Å². The normalized spacial score (nSPS) is 10.9. The molecule has 2 amide bonds. The molecule has 0 unspecified atom stereocenters. The fraction of sp³-hybridized carbons (Fsp3) is 0.150. The van der Waals surface area contributed by atoms with E-state index in [2.05, 4.69) is 25.9 Å². The van der Waals surface area contributed by atoms with Gasteiger partial charge in [0.1, 0.15) is 23.1 Å². The first-order chi connectivity index (χ1) is 14.6. The van der Waals surface area contributed by atoms with Crippen LogP contribution in [-0.4, -0.2) is 37.7 Å². The van der Waals surface area contributed by atoms with Crippen LogP contribution in [-0.2, 0) is 13.1 Å². The summed E-state index contributed by atoms with van der Waals surface area (Å²) in [4.78, 5) is 12.0. The fourth-order valence-electron chi connectivity index (χ4n) is 2.98. The van der Waals surface area contributed by atoms with Gasteiger partial charge in [0, 0.05) is 23.6 Å². The quantitative estimate of drug-likeness (QED) is 0.374. The molecule has 4 rings (SSSR count). The van der Waals surface area contributed by atoms with Gasteiger partial charge in [-0.1, -0.05) is 0 Å². The molecule has 0 aliphatic carbocycles. The highest BCUT2D eigenvalue weighted by atomic mass is 19.1. The van der Waals surface area contributed by atoms with E-state index < -0.39 is 11.8 Å². The lowest BCUT2D eigenvalue weighted by Gasteiger charge is -2.13. The van der Waals surface area contributed by atoms with Crippen molar-refractivity contribution in [1.29, 1.82) is 0 Å². The zero-order valence-corrected chi connectivity index (χ0v) is 15.8. The number of amides is 2. The number of nitrogens with one attached hydrogen (secondary N) is 3. The largest absolute Gasteiger partial charge is 0.457 e. The van der Waals surface area contributed by atoms with Crippen LogP contribution in [0.15, 0.2) is 54.9 Å². The summed E-state index contributed by atoms with van der Waals surface area (Å²) in [5, 5.41) is 25.8. The predicted molar refractivity (Wildman–Crippen MR) is 108 cm³/mol. The third-order valence-corrected chi connectivity index (χ3v) is 4.36. The Balaban J connectivity index is 1.49. The summed E-state index contributed by atoms with van der Waals surface area (Å²) in [7, 11) is 0. The molecule has 10 heteroatoms. The molecule has 2 aromatic heterocycles. The first kappa shape index (κ1) is 19.4. The number of aromatic amines is 1. The van der Waals surface area contributed by atoms with Gasteiger partial charge in [0.15, 0.2) is 0 Å². The zero-order valence-electron chi connectivity index (χ0n) is 15.8. The summed E-state index contributed by atoms with van der Waals surface area (Å²) < 4.78 is 21.4. The average molecular weight is 410 g/mol. The van der Waals surface area contributed by atoms with E-state index in [0.717, 1.165) is 10.9 Å². The number of urea groups is 1. The van der Waals surface area contributed by atoms with Gasteiger partial charge in [-0.3, -0.25) is 15.1 Å². The Morgan fingerprint density at radius 3 is 2.93 bits per heavy atom. The van der Waals surface area contributed by atoms with Gasteiger partial charge in [-0.15, -0.1) is 0 Å². The Bertz CT molecular complexity index is 1160. The minimum Gasteiger partial charge on any atom is -0.457 e. The number of carbonyl (C=O) groups excluding carboxylic acids is 1. The molecule has 9 nitrogen and oxygen atoms in total. The second-order valence-electron chi connectivity index (χ2n) is 6.44. The number of halogens is 1. The molecule has 2 aromatic carbocycles. The summed E-state index contributed by atoms with van der Waals surface area (Å²) in [6.07, 6.45) is 3.20. The molecular formula is C20H19FN6O3. The third kappa shape index (κ3) is 4.39. The van der Waals surface area contributed by atoms with Crippen molar-refractivity contribution in [2.75, 3.05) is 11.9 Å². The van der Waals surface area contributed by atoms with Crippen LogP contribution in [0.4, 0.5) is 15.0 Å². The molecule has 2 heterocycles. The minimum absolute atomic E-state index is 0.00504. The summed E-state index contributed by atoms with van der Waals surface area (Å²) in [5.41, 5.74) is 1.35. The number of aliphatic hydroxyl groups is 1. The molecule has 0 saturated carbocycles. The number of nitrogens with zero attached hydrogens (tertiary/aromatic N) is 3. The maximum Gasteiger partial charge on any atom is 0.320 e. The van der Waals surface area contributed by atoms with Crippen molar-refractivity contribution in [3.63, 3.8) is 0 Å². The standard InChI is InChI=1S/C20H19FN6O3/c21-15-1-4-18(14(9-15)11-22-20(29)25-19-5-6-23-26-19)30-16-2-3-17-13(10-16)12-24-27(17)7-8-28/h1-6,9-10,12,28H,7-8,11H2,(H3,22,23,25,26,29). The highest BCUT2D eigenvalue weighted by Gasteiger charge is 2.11. The van der Waals surface area contributed by atoms with Crippen molar-refractivity contribution in [2.24, 2.45) is 0 Å². The number of aliphatic hydroxyl groups excluding tert-OH is 1. The molecule has 0 fully saturated rings. The Morgan fingerprint density at radius 1 is 1.23 bits per heavy atom. The average Bonchev–Trinajstić information content (AvgIpc) is 3.38. The lowest BCUT2D eigenvalue weighted by atomic mass is 10.2. The number of carbonyl (C=O) groups is 1. The molecule has 0 saturated heterocycles. The number of benzene rings is 2. The number of fused-ring (bicyclic) bond motifs is 1. The second kappa shape index (κ2) is 8.62. The van der Waals surface area contributed by atoms with Crippen molar-refractivity contribution in [1.82, 2.24) is 25.3 Å². The topological polar surface area (TPSA) is 117 Å². The second-order valence-corrected chi connectivity index (χ2v) is 6.44. The number of hydrogen-bond acceptors (Lipinski definition) is 5. The van der Waals surface area contributed by atoms with Crippen molar-refractivity contribution in [2.45, 2.75) is 13.1 Å². The van der Waals surface area contributed by atoms with E-state index in [1.807, 2.05) is 12.1 Å². The smallest absolute Gasteiger partial charge is 0.320 e. The van der Waals surface area contributed by atoms with E-state index in [9.17, 15) is 9.18 Å². The monoisotopic (exact) mass is 410 g/mol. The molecule has 30 heavy (non-hydrogen) atoms. The molecule has 0 radical (unpaired) electrons. The van der Waals surface area contributed by atoms with Crippen LogP contribution in [0.25, 0.3) is 10.9 Å². The summed E-state index contributed by atoms with van der Waals surface area (Å²) >= 11 is 0. The zero-order chi connectivity index (χ0) is 20.9. The van der Waals surface area contributed by atoms with E-state index >= 15 is 0 Å². The third-order valence-electron chi connectivity index (χ3n) is 4.36. The first-order valence-electron chi connectivity index (χ1n) is 9.19. The molecule has 4 aromatic rings. The first-order valence-corrected chi connectivity index (χ1v) is 9.19. The van der Waals surface area contributed by atoms with Crippen molar-refractivity contribution in [3.05, 3.63) is 66.2 Å². The van der Waals surface area contributed by atoms with E-state index in [1.54, 1.807) is 23.0 Å². The van der Waals surface area contributed by atoms with Crippen LogP contribution in [0.1, 0.15) is 5.56 Å². The molecule has 0 aliphatic heterocycles. The van der Waals surface area contributed by atoms with Gasteiger partial charge in [-0.2, -0.15) is 10.2 Å². The van der Waals surface area contributed by atoms with E-state index in [1.165, 1.54) is 24.4 Å². The Kier molecular flexibility index (Phi) is 5.57. The van der Waals surface area contributed by atoms with Crippen molar-refractivity contribution >= 4 is 22.8 Å². The van der Waals surface area contributed by atoms with Gasteiger partial charge < -0.3 is 15.2 Å². The van der Waals surface area contributed by atoms with E-state index in [-0.39, 0.29) is 13.2 Å². The van der Waals surface area contributed by atoms with Crippen LogP contribution < -0.4 is 15.4 Å². The molecule has 0 aliphatic rings. The minimum atomic E-state index is -0.466. The van der Waals surface area contributed by atoms with Crippen molar-refractivity contribution < 1.29 is 19.0 Å². The maximum absolute atomic E-state index is 13.8. The molecular weight excluding hydrogens is 391 g/mol. The van der Waals surface area contributed by atoms with Crippen LogP contribution in [0.3, 0.4) is 0 Å². The van der Waals surface area contributed by atoms with Crippen LogP contribution >= 0.6 is 0 Å². The van der Waals surface area contributed by atoms with Gasteiger partial charge in [0.05, 0.1) is 31.1 Å². The van der Waals surface area contributed by atoms with Gasteiger partial charge in [-0.05, 0) is 36.4 Å². The van der Waals surface area contributed by atoms with Crippen LogP contribution in [0.5, 0.6) is 11.5 Å². The maximum atomic E-state index is 13.8. The fourth-order valence-corrected chi connectivity index (χ4v) is 2.98. The van der Waals surface area contributed by atoms with Gasteiger partial charge >= 0.3 is 6.03 Å². The number of ether oxygens (including phenoxy) is 1. The van der Waals surface area contributed by atoms with E-state index in [4.69, 9.17) is 9.84 Å². The van der Waals surface area contributed by atoms with Gasteiger partial charge in [-0.25, -0.2) is 9.18 Å². The lowest BCUT2D eigenvalue weighted by Crippen LogP contribution is -2.28. The number of H-pyrrole nitrogens is 1. The SMILES string of the molecule is O=C(NCc1cc(F)ccc1Oc1ccc2c(cnn2CCO)c1)Nc1ccn[nH]1. The van der Waals surface area contributed by atoms with Crippen LogP contribution in [0, 0.1) is 5.82 Å². The summed E-state index contributed by atoms with van der Waals surface area (Å²) in [6, 6.07) is 10.7. The molecule has 154 valence electrons. The Hall–Kier alpha value is -3.92. The Morgan fingerprint density at radius 2 is 2.13 bits per heavy atom. The highest BCUT2D eigenvalue weighted by molar-refractivity contribution is 5.88. The summed E-state index contributed by atoms with van der Waals surface area (Å²) in [6.45, 7) is 0.455. The highest BCUT2D eigenvalue weighted by Crippen LogP contribution is 2.29. The molecule has 0 bridgehead atoms. The number of hydrogen-bond donors (Lipinski definition) is 4. The van der Waals surface area contributed by atoms with E-state index in [0.29, 0.717) is 29.4 Å². The van der Waals surface area contributed by atoms with Gasteiger partial charge in [0.2, 0.25) is 0 Å².